The molecule has 0 aliphatic rings. The van der Waals surface area contributed by atoms with E-state index in [1.54, 1.807) is 44.4 Å². The van der Waals surface area contributed by atoms with Crippen LogP contribution in [-0.2, 0) is 17.0 Å². The first-order valence-electron chi connectivity index (χ1n) is 8.84. The highest BCUT2D eigenvalue weighted by atomic mass is 32.2. The van der Waals surface area contributed by atoms with E-state index in [0.29, 0.717) is 10.5 Å². The van der Waals surface area contributed by atoms with Crippen molar-refractivity contribution in [3.63, 3.8) is 0 Å². The lowest BCUT2D eigenvalue weighted by Crippen LogP contribution is -2.28. The summed E-state index contributed by atoms with van der Waals surface area (Å²) in [5.41, 5.74) is 5.62. The van der Waals surface area contributed by atoms with Crippen LogP contribution < -0.4 is 10.6 Å². The van der Waals surface area contributed by atoms with Crippen molar-refractivity contribution in [1.82, 2.24) is 19.9 Å². The molecule has 3 aromatic rings. The van der Waals surface area contributed by atoms with Crippen LogP contribution >= 0.6 is 0 Å². The van der Waals surface area contributed by atoms with Gasteiger partial charge in [-0.1, -0.05) is 12.1 Å². The number of nitrogen functional groups attached to an aromatic ring is 1. The van der Waals surface area contributed by atoms with E-state index in [-0.39, 0.29) is 29.5 Å². The number of benzene rings is 1. The van der Waals surface area contributed by atoms with E-state index in [9.17, 15) is 17.4 Å². The molecule has 7 nitrogen and oxygen atoms in total. The number of nitrogens with two attached hydrogens (primary N) is 1. The lowest BCUT2D eigenvalue weighted by atomic mass is 10.2. The topological polar surface area (TPSA) is 97.9 Å². The van der Waals surface area contributed by atoms with Crippen LogP contribution in [0.25, 0.3) is 11.4 Å². The second-order valence-corrected chi connectivity index (χ2v) is 8.04. The summed E-state index contributed by atoms with van der Waals surface area (Å²) in [6, 6.07) is 8.89. The van der Waals surface area contributed by atoms with Gasteiger partial charge in [-0.3, -0.25) is 9.19 Å². The fourth-order valence-electron chi connectivity index (χ4n) is 2.80. The van der Waals surface area contributed by atoms with Crippen molar-refractivity contribution < 1.29 is 17.4 Å². The molecule has 0 saturated carbocycles. The van der Waals surface area contributed by atoms with Crippen LogP contribution in [0.3, 0.4) is 0 Å². The van der Waals surface area contributed by atoms with Crippen molar-refractivity contribution in [3.8, 4) is 11.4 Å². The highest BCUT2D eigenvalue weighted by Gasteiger charge is 2.33. The number of rotatable bonds is 5. The van der Waals surface area contributed by atoms with Crippen LogP contribution in [0.1, 0.15) is 19.5 Å². The second kappa shape index (κ2) is 8.34. The zero-order chi connectivity index (χ0) is 22.1. The molecule has 30 heavy (non-hydrogen) atoms. The lowest BCUT2D eigenvalue weighted by Gasteiger charge is -2.27. The quantitative estimate of drug-likeness (QED) is 0.649. The lowest BCUT2D eigenvalue weighted by molar-refractivity contribution is -0.141. The zero-order valence-corrected chi connectivity index (χ0v) is 17.2. The molecule has 158 valence electrons. The predicted molar refractivity (Wildman–Crippen MR) is 109 cm³/mol. The summed E-state index contributed by atoms with van der Waals surface area (Å²) in [6.07, 6.45) is -1.95. The Morgan fingerprint density at radius 1 is 1.10 bits per heavy atom. The molecule has 0 bridgehead atoms. The van der Waals surface area contributed by atoms with Crippen molar-refractivity contribution in [2.24, 2.45) is 0 Å². The summed E-state index contributed by atoms with van der Waals surface area (Å²) in [5, 5.41) is 0. The normalized spacial score (nSPS) is 12.8. The number of hydrogen-bond donors (Lipinski definition) is 1. The van der Waals surface area contributed by atoms with E-state index in [1.807, 2.05) is 0 Å². The Kier molecular flexibility index (Phi) is 6.01. The Hall–Kier alpha value is -3.08. The van der Waals surface area contributed by atoms with Gasteiger partial charge in [0.2, 0.25) is 11.9 Å². The van der Waals surface area contributed by atoms with Crippen LogP contribution in [-0.4, -0.2) is 36.4 Å². The van der Waals surface area contributed by atoms with E-state index in [0.717, 1.165) is 12.3 Å². The van der Waals surface area contributed by atoms with E-state index < -0.39 is 22.7 Å². The predicted octanol–water partition coefficient (Wildman–Crippen LogP) is 3.82. The minimum atomic E-state index is -4.59. The summed E-state index contributed by atoms with van der Waals surface area (Å²) in [4.78, 5) is 18.2. The van der Waals surface area contributed by atoms with Gasteiger partial charge in [0.05, 0.1) is 0 Å². The minimum Gasteiger partial charge on any atom is -0.368 e. The largest absolute Gasteiger partial charge is 0.433 e. The van der Waals surface area contributed by atoms with Crippen molar-refractivity contribution in [1.29, 1.82) is 0 Å². The van der Waals surface area contributed by atoms with Gasteiger partial charge in [0.15, 0.2) is 5.82 Å². The molecule has 3 rings (SSSR count). The maximum absolute atomic E-state index is 13.1. The third-order valence-electron chi connectivity index (χ3n) is 4.11. The zero-order valence-electron chi connectivity index (χ0n) is 16.4. The summed E-state index contributed by atoms with van der Waals surface area (Å²) >= 11 is 0. The minimum absolute atomic E-state index is 0.0891. The number of anilines is 3. The highest BCUT2D eigenvalue weighted by Crippen LogP contribution is 2.33. The number of halogens is 3. The average Bonchev–Trinajstić information content (AvgIpc) is 2.67. The summed E-state index contributed by atoms with van der Waals surface area (Å²) in [7, 11) is -1.21. The Bertz CT molecular complexity index is 1090. The molecule has 2 N–H and O–H groups in total. The second-order valence-electron chi connectivity index (χ2n) is 6.66. The van der Waals surface area contributed by atoms with Gasteiger partial charge in [-0.05, 0) is 38.1 Å². The van der Waals surface area contributed by atoms with Crippen LogP contribution in [0.15, 0.2) is 47.5 Å². The summed E-state index contributed by atoms with van der Waals surface area (Å²) < 4.78 is 51.1. The first-order valence-corrected chi connectivity index (χ1v) is 10.4. The first-order chi connectivity index (χ1) is 14.1. The summed E-state index contributed by atoms with van der Waals surface area (Å²) in [6.45, 7) is 3.57. The van der Waals surface area contributed by atoms with Crippen LogP contribution in [0.2, 0.25) is 0 Å². The molecule has 0 saturated heterocycles. The molecule has 1 aromatic carbocycles. The van der Waals surface area contributed by atoms with Gasteiger partial charge in [0.1, 0.15) is 5.69 Å². The number of nitrogens with zero attached hydrogens (tertiary/aromatic N) is 5. The number of hydrogen-bond acceptors (Lipinski definition) is 7. The number of pyridine rings is 1. The van der Waals surface area contributed by atoms with Gasteiger partial charge < -0.3 is 10.6 Å². The SMILES string of the molecule is CC(C)N(c1ccnc(C(F)(F)F)c1)c1nc(N)nc(-c2cccc(S(C)=O)c2)n1. The molecule has 2 heterocycles. The summed E-state index contributed by atoms with van der Waals surface area (Å²) in [5.74, 6) is 0.226. The van der Waals surface area contributed by atoms with Crippen LogP contribution in [0.4, 0.5) is 30.8 Å². The molecule has 1 unspecified atom stereocenters. The van der Waals surface area contributed by atoms with Gasteiger partial charge in [-0.15, -0.1) is 0 Å². The van der Waals surface area contributed by atoms with E-state index in [2.05, 4.69) is 19.9 Å². The van der Waals surface area contributed by atoms with Crippen molar-refractivity contribution in [2.45, 2.75) is 31.0 Å². The number of aromatic nitrogens is 4. The first kappa shape index (κ1) is 21.6. The van der Waals surface area contributed by atoms with Gasteiger partial charge in [-0.2, -0.15) is 28.1 Å². The molecule has 0 fully saturated rings. The molecule has 2 aromatic heterocycles. The molecule has 11 heteroatoms. The molecule has 0 aliphatic heterocycles. The molecule has 0 aliphatic carbocycles. The van der Waals surface area contributed by atoms with Gasteiger partial charge >= 0.3 is 6.18 Å². The molecule has 0 radical (unpaired) electrons. The van der Waals surface area contributed by atoms with E-state index in [4.69, 9.17) is 5.73 Å². The van der Waals surface area contributed by atoms with Crippen molar-refractivity contribution >= 4 is 28.4 Å². The van der Waals surface area contributed by atoms with Crippen molar-refractivity contribution in [3.05, 3.63) is 48.3 Å². The third-order valence-corrected chi connectivity index (χ3v) is 5.03. The average molecular weight is 436 g/mol. The Balaban J connectivity index is 2.11. The standard InChI is InChI=1S/C19H19F3N6OS/c1-11(2)28(13-7-8-24-15(10-13)19(20,21)22)18-26-16(25-17(23)27-18)12-5-4-6-14(9-12)30(3)29/h4-11H,1-3H3,(H2,23,25,26,27). The molecular weight excluding hydrogens is 417 g/mol. The smallest absolute Gasteiger partial charge is 0.368 e. The van der Waals surface area contributed by atoms with Crippen LogP contribution in [0, 0.1) is 0 Å². The highest BCUT2D eigenvalue weighted by molar-refractivity contribution is 7.84. The fraction of sp³-hybridized carbons (Fsp3) is 0.263. The molecule has 0 amide bonds. The number of alkyl halides is 3. The van der Waals surface area contributed by atoms with Gasteiger partial charge in [-0.25, -0.2) is 0 Å². The Morgan fingerprint density at radius 2 is 1.83 bits per heavy atom. The molecule has 0 spiro atoms. The fourth-order valence-corrected chi connectivity index (χ4v) is 3.36. The maximum Gasteiger partial charge on any atom is 0.433 e. The van der Waals surface area contributed by atoms with E-state index in [1.165, 1.54) is 11.0 Å². The molecular formula is C19H19F3N6OS. The molecule has 1 atom stereocenters. The van der Waals surface area contributed by atoms with Gasteiger partial charge in [0.25, 0.3) is 0 Å². The maximum atomic E-state index is 13.1. The van der Waals surface area contributed by atoms with Crippen molar-refractivity contribution in [2.75, 3.05) is 16.9 Å². The Labute approximate surface area is 173 Å². The van der Waals surface area contributed by atoms with Crippen LogP contribution in [0.5, 0.6) is 0 Å². The van der Waals surface area contributed by atoms with E-state index >= 15 is 0 Å². The Morgan fingerprint density at radius 3 is 2.47 bits per heavy atom. The van der Waals surface area contributed by atoms with Gasteiger partial charge in [0, 0.05) is 45.4 Å². The monoisotopic (exact) mass is 436 g/mol. The third kappa shape index (κ3) is 4.73.